The standard InChI is InChI=1S/C15H24N2O/c1-4-8-18-14-7-5-6-13(15(14)16)17-9-11(2)12(3)10-17/h5-7,11-12H,4,8-10,16H2,1-3H3. The lowest BCUT2D eigenvalue weighted by Crippen LogP contribution is -2.21. The number of hydrogen-bond donors (Lipinski definition) is 1. The summed E-state index contributed by atoms with van der Waals surface area (Å²) in [6.07, 6.45) is 1.00. The van der Waals surface area contributed by atoms with Gasteiger partial charge >= 0.3 is 0 Å². The molecule has 0 saturated carbocycles. The molecule has 2 unspecified atom stereocenters. The fraction of sp³-hybridized carbons (Fsp3) is 0.600. The lowest BCUT2D eigenvalue weighted by Gasteiger charge is -2.22. The second-order valence-electron chi connectivity index (χ2n) is 5.40. The highest BCUT2D eigenvalue weighted by Gasteiger charge is 2.27. The molecule has 1 aliphatic rings. The van der Waals surface area contributed by atoms with E-state index < -0.39 is 0 Å². The van der Waals surface area contributed by atoms with Gasteiger partial charge in [-0.2, -0.15) is 0 Å². The molecule has 1 heterocycles. The van der Waals surface area contributed by atoms with Crippen molar-refractivity contribution in [3.05, 3.63) is 18.2 Å². The largest absolute Gasteiger partial charge is 0.491 e. The average molecular weight is 248 g/mol. The average Bonchev–Trinajstić information content (AvgIpc) is 2.68. The Labute approximate surface area is 110 Å². The molecule has 1 fully saturated rings. The van der Waals surface area contributed by atoms with Crippen LogP contribution in [0, 0.1) is 11.8 Å². The summed E-state index contributed by atoms with van der Waals surface area (Å²) in [5.74, 6) is 2.27. The summed E-state index contributed by atoms with van der Waals surface area (Å²) in [6.45, 7) is 9.60. The summed E-state index contributed by atoms with van der Waals surface area (Å²) in [5, 5.41) is 0. The minimum Gasteiger partial charge on any atom is -0.491 e. The third kappa shape index (κ3) is 2.55. The van der Waals surface area contributed by atoms with E-state index in [0.717, 1.165) is 55.1 Å². The number of nitrogens with zero attached hydrogens (tertiary/aromatic N) is 1. The van der Waals surface area contributed by atoms with Crippen molar-refractivity contribution in [1.29, 1.82) is 0 Å². The van der Waals surface area contributed by atoms with E-state index in [-0.39, 0.29) is 0 Å². The number of para-hydroxylation sites is 1. The molecule has 1 aliphatic heterocycles. The van der Waals surface area contributed by atoms with Crippen molar-refractivity contribution in [1.82, 2.24) is 0 Å². The fourth-order valence-corrected chi connectivity index (χ4v) is 2.47. The Hall–Kier alpha value is -1.38. The molecule has 0 amide bonds. The Kier molecular flexibility index (Phi) is 4.00. The molecule has 3 heteroatoms. The topological polar surface area (TPSA) is 38.5 Å². The van der Waals surface area contributed by atoms with Crippen molar-refractivity contribution in [2.45, 2.75) is 27.2 Å². The molecule has 100 valence electrons. The van der Waals surface area contributed by atoms with Crippen LogP contribution in [0.1, 0.15) is 27.2 Å². The van der Waals surface area contributed by atoms with Crippen LogP contribution in [0.3, 0.4) is 0 Å². The van der Waals surface area contributed by atoms with Gasteiger partial charge in [0.15, 0.2) is 0 Å². The van der Waals surface area contributed by atoms with Gasteiger partial charge in [0.25, 0.3) is 0 Å². The van der Waals surface area contributed by atoms with E-state index in [1.807, 2.05) is 12.1 Å². The first-order valence-corrected chi connectivity index (χ1v) is 6.89. The normalized spacial score (nSPS) is 23.4. The van der Waals surface area contributed by atoms with Crippen molar-refractivity contribution in [2.75, 3.05) is 30.3 Å². The molecule has 0 bridgehead atoms. The first-order valence-electron chi connectivity index (χ1n) is 6.89. The number of hydrogen-bond acceptors (Lipinski definition) is 3. The molecular weight excluding hydrogens is 224 g/mol. The summed E-state index contributed by atoms with van der Waals surface area (Å²) in [5.41, 5.74) is 8.14. The third-order valence-corrected chi connectivity index (χ3v) is 3.83. The van der Waals surface area contributed by atoms with Crippen molar-refractivity contribution in [2.24, 2.45) is 11.8 Å². The summed E-state index contributed by atoms with van der Waals surface area (Å²) in [7, 11) is 0. The Morgan fingerprint density at radius 2 is 1.94 bits per heavy atom. The molecular formula is C15H24N2O. The third-order valence-electron chi connectivity index (χ3n) is 3.83. The molecule has 0 aliphatic carbocycles. The van der Waals surface area contributed by atoms with Crippen LogP contribution in [0.15, 0.2) is 18.2 Å². The second-order valence-corrected chi connectivity index (χ2v) is 5.40. The second kappa shape index (κ2) is 5.51. The highest BCUT2D eigenvalue weighted by Crippen LogP contribution is 2.36. The number of rotatable bonds is 4. The zero-order chi connectivity index (χ0) is 13.1. The molecule has 1 aromatic carbocycles. The molecule has 0 radical (unpaired) electrons. The highest BCUT2D eigenvalue weighted by atomic mass is 16.5. The van der Waals surface area contributed by atoms with Gasteiger partial charge in [0.05, 0.1) is 18.0 Å². The van der Waals surface area contributed by atoms with Crippen LogP contribution in [-0.2, 0) is 0 Å². The van der Waals surface area contributed by atoms with Crippen LogP contribution in [0.5, 0.6) is 5.75 Å². The van der Waals surface area contributed by atoms with Crippen LogP contribution < -0.4 is 15.4 Å². The van der Waals surface area contributed by atoms with Crippen LogP contribution in [0.25, 0.3) is 0 Å². The lowest BCUT2D eigenvalue weighted by atomic mass is 10.0. The van der Waals surface area contributed by atoms with Crippen molar-refractivity contribution in [3.63, 3.8) is 0 Å². The first kappa shape index (κ1) is 13.1. The molecule has 2 rings (SSSR count). The Balaban J connectivity index is 2.18. The molecule has 18 heavy (non-hydrogen) atoms. The van der Waals surface area contributed by atoms with E-state index >= 15 is 0 Å². The van der Waals surface area contributed by atoms with Crippen molar-refractivity contribution >= 4 is 11.4 Å². The minimum atomic E-state index is 0.723. The van der Waals surface area contributed by atoms with E-state index in [1.165, 1.54) is 0 Å². The maximum atomic E-state index is 6.23. The number of nitrogen functional groups attached to an aromatic ring is 1. The van der Waals surface area contributed by atoms with Gasteiger partial charge in [-0.3, -0.25) is 0 Å². The maximum Gasteiger partial charge on any atom is 0.144 e. The Morgan fingerprint density at radius 1 is 1.28 bits per heavy atom. The monoisotopic (exact) mass is 248 g/mol. The minimum absolute atomic E-state index is 0.723. The number of anilines is 2. The smallest absolute Gasteiger partial charge is 0.144 e. The predicted molar refractivity (Wildman–Crippen MR) is 77.2 cm³/mol. The van der Waals surface area contributed by atoms with Gasteiger partial charge in [0.2, 0.25) is 0 Å². The van der Waals surface area contributed by atoms with Gasteiger partial charge in [0, 0.05) is 13.1 Å². The van der Waals surface area contributed by atoms with Crippen molar-refractivity contribution in [3.8, 4) is 5.75 Å². The number of ether oxygens (including phenoxy) is 1. The van der Waals surface area contributed by atoms with Crippen LogP contribution in [0.4, 0.5) is 11.4 Å². The molecule has 0 aromatic heterocycles. The quantitative estimate of drug-likeness (QED) is 0.832. The van der Waals surface area contributed by atoms with E-state index in [0.29, 0.717) is 0 Å². The van der Waals surface area contributed by atoms with Gasteiger partial charge in [-0.25, -0.2) is 0 Å². The lowest BCUT2D eigenvalue weighted by molar-refractivity contribution is 0.319. The first-order chi connectivity index (χ1) is 8.63. The summed E-state index contributed by atoms with van der Waals surface area (Å²) >= 11 is 0. The SMILES string of the molecule is CCCOc1cccc(N2CC(C)C(C)C2)c1N. The summed E-state index contributed by atoms with van der Waals surface area (Å²) in [4.78, 5) is 2.38. The summed E-state index contributed by atoms with van der Waals surface area (Å²) < 4.78 is 5.69. The van der Waals surface area contributed by atoms with E-state index in [9.17, 15) is 0 Å². The van der Waals surface area contributed by atoms with Gasteiger partial charge in [-0.15, -0.1) is 0 Å². The number of nitrogens with two attached hydrogens (primary N) is 1. The summed E-state index contributed by atoms with van der Waals surface area (Å²) in [6, 6.07) is 6.08. The van der Waals surface area contributed by atoms with E-state index in [4.69, 9.17) is 10.5 Å². The predicted octanol–water partition coefficient (Wildman–Crippen LogP) is 3.15. The van der Waals surface area contributed by atoms with Gasteiger partial charge in [-0.05, 0) is 30.4 Å². The highest BCUT2D eigenvalue weighted by molar-refractivity contribution is 5.74. The van der Waals surface area contributed by atoms with E-state index in [1.54, 1.807) is 0 Å². The van der Waals surface area contributed by atoms with Crippen LogP contribution in [-0.4, -0.2) is 19.7 Å². The zero-order valence-electron chi connectivity index (χ0n) is 11.6. The molecule has 2 atom stereocenters. The Bertz CT molecular complexity index is 395. The van der Waals surface area contributed by atoms with E-state index in [2.05, 4.69) is 31.7 Å². The van der Waals surface area contributed by atoms with Gasteiger partial charge < -0.3 is 15.4 Å². The van der Waals surface area contributed by atoms with Gasteiger partial charge in [0.1, 0.15) is 5.75 Å². The Morgan fingerprint density at radius 3 is 2.56 bits per heavy atom. The van der Waals surface area contributed by atoms with Crippen LogP contribution >= 0.6 is 0 Å². The van der Waals surface area contributed by atoms with Crippen molar-refractivity contribution < 1.29 is 4.74 Å². The molecule has 3 nitrogen and oxygen atoms in total. The fourth-order valence-electron chi connectivity index (χ4n) is 2.47. The molecule has 2 N–H and O–H groups in total. The molecule has 0 spiro atoms. The molecule has 1 saturated heterocycles. The zero-order valence-corrected chi connectivity index (χ0v) is 11.6. The van der Waals surface area contributed by atoms with Crippen LogP contribution in [0.2, 0.25) is 0 Å². The van der Waals surface area contributed by atoms with Gasteiger partial charge in [-0.1, -0.05) is 26.8 Å². The molecule has 1 aromatic rings. The maximum absolute atomic E-state index is 6.23. The number of benzene rings is 1.